The van der Waals surface area contributed by atoms with Crippen molar-refractivity contribution in [3.8, 4) is 0 Å². The summed E-state index contributed by atoms with van der Waals surface area (Å²) in [5.74, 6) is 1.11. The van der Waals surface area contributed by atoms with Crippen LogP contribution in [0.2, 0.25) is 0 Å². The fourth-order valence-corrected chi connectivity index (χ4v) is 2.82. The molecule has 0 aliphatic carbocycles. The summed E-state index contributed by atoms with van der Waals surface area (Å²) in [6.07, 6.45) is 2.74. The van der Waals surface area contributed by atoms with Crippen LogP contribution in [0.4, 0.5) is 5.82 Å². The van der Waals surface area contributed by atoms with Crippen LogP contribution in [-0.4, -0.2) is 54.6 Å². The number of carbonyl (C=O) groups is 1. The summed E-state index contributed by atoms with van der Waals surface area (Å²) in [5.41, 5.74) is 6.94. The van der Waals surface area contributed by atoms with Crippen molar-refractivity contribution in [3.63, 3.8) is 0 Å². The Kier molecular flexibility index (Phi) is 6.99. The fraction of sp³-hybridized carbons (Fsp3) is 0.667. The van der Waals surface area contributed by atoms with Gasteiger partial charge in [-0.05, 0) is 24.1 Å². The van der Waals surface area contributed by atoms with Gasteiger partial charge in [0.2, 0.25) is 5.91 Å². The number of nitrogens with two attached hydrogens (primary N) is 1. The van der Waals surface area contributed by atoms with Crippen molar-refractivity contribution in [2.75, 3.05) is 37.6 Å². The molecule has 2 heterocycles. The third kappa shape index (κ3) is 4.92. The topological polar surface area (TPSA) is 74.5 Å². The van der Waals surface area contributed by atoms with Gasteiger partial charge < -0.3 is 20.9 Å². The molecule has 1 aromatic heterocycles. The van der Waals surface area contributed by atoms with Crippen molar-refractivity contribution in [2.45, 2.75) is 39.8 Å². The summed E-state index contributed by atoms with van der Waals surface area (Å²) in [6.45, 7) is 12.0. The molecular weight excluding hydrogens is 302 g/mol. The van der Waals surface area contributed by atoms with Crippen molar-refractivity contribution in [1.82, 2.24) is 15.2 Å². The molecule has 0 radical (unpaired) electrons. The molecule has 2 unspecified atom stereocenters. The second-order valence-electron chi connectivity index (χ2n) is 6.58. The summed E-state index contributed by atoms with van der Waals surface area (Å²) in [6, 6.07) is 3.62. The molecule has 1 aromatic rings. The predicted molar refractivity (Wildman–Crippen MR) is 97.8 cm³/mol. The number of pyridine rings is 1. The third-order valence-electron chi connectivity index (χ3n) is 4.98. The highest BCUT2D eigenvalue weighted by atomic mass is 16.2. The first-order valence-corrected chi connectivity index (χ1v) is 9.00. The second kappa shape index (κ2) is 8.99. The minimum atomic E-state index is -0.447. The number of nitrogens with one attached hydrogen (secondary N) is 1. The number of hydrogen-bond acceptors (Lipinski definition) is 5. The van der Waals surface area contributed by atoms with Crippen LogP contribution in [-0.2, 0) is 11.3 Å². The first-order valence-electron chi connectivity index (χ1n) is 9.00. The maximum atomic E-state index is 12.0. The largest absolute Gasteiger partial charge is 0.354 e. The molecule has 0 spiro atoms. The zero-order valence-electron chi connectivity index (χ0n) is 15.2. The molecule has 0 saturated carbocycles. The number of rotatable bonds is 7. The summed E-state index contributed by atoms with van der Waals surface area (Å²) < 4.78 is 0. The first-order chi connectivity index (χ1) is 11.5. The Morgan fingerprint density at radius 3 is 2.54 bits per heavy atom. The molecule has 0 bridgehead atoms. The van der Waals surface area contributed by atoms with Crippen LogP contribution >= 0.6 is 0 Å². The van der Waals surface area contributed by atoms with Crippen LogP contribution in [0.25, 0.3) is 0 Å². The van der Waals surface area contributed by atoms with Gasteiger partial charge in [0, 0.05) is 38.9 Å². The maximum Gasteiger partial charge on any atom is 0.237 e. The van der Waals surface area contributed by atoms with E-state index in [2.05, 4.69) is 27.0 Å². The highest BCUT2D eigenvalue weighted by molar-refractivity contribution is 5.81. The number of amides is 1. The highest BCUT2D eigenvalue weighted by Gasteiger charge is 2.19. The van der Waals surface area contributed by atoms with Gasteiger partial charge in [0.05, 0.1) is 6.04 Å². The standard InChI is InChI=1S/C18H31N5O/c1-4-14(3)17(19)18(24)21-13-15-6-7-16(20-12-15)23-10-8-22(5-2)9-11-23/h6-7,12,14,17H,4-5,8-11,13,19H2,1-3H3,(H,21,24). The van der Waals surface area contributed by atoms with Gasteiger partial charge in [0.15, 0.2) is 0 Å². The van der Waals surface area contributed by atoms with Gasteiger partial charge in [-0.2, -0.15) is 0 Å². The van der Waals surface area contributed by atoms with E-state index < -0.39 is 6.04 Å². The van der Waals surface area contributed by atoms with E-state index in [4.69, 9.17) is 5.73 Å². The summed E-state index contributed by atoms with van der Waals surface area (Å²) in [7, 11) is 0. The van der Waals surface area contributed by atoms with Gasteiger partial charge in [-0.3, -0.25) is 4.79 Å². The summed E-state index contributed by atoms with van der Waals surface area (Å²) >= 11 is 0. The molecule has 134 valence electrons. The molecule has 1 aliphatic rings. The number of carbonyl (C=O) groups excluding carboxylic acids is 1. The molecule has 6 heteroatoms. The zero-order chi connectivity index (χ0) is 17.5. The van der Waals surface area contributed by atoms with E-state index in [1.165, 1.54) is 0 Å². The Morgan fingerprint density at radius 1 is 1.29 bits per heavy atom. The zero-order valence-corrected chi connectivity index (χ0v) is 15.2. The molecule has 1 fully saturated rings. The van der Waals surface area contributed by atoms with Gasteiger partial charge in [-0.1, -0.05) is 33.3 Å². The van der Waals surface area contributed by atoms with Gasteiger partial charge in [0.1, 0.15) is 5.82 Å². The van der Waals surface area contributed by atoms with E-state index in [0.717, 1.165) is 50.5 Å². The molecule has 24 heavy (non-hydrogen) atoms. The van der Waals surface area contributed by atoms with E-state index in [9.17, 15) is 4.79 Å². The molecule has 2 rings (SSSR count). The minimum absolute atomic E-state index is 0.0934. The molecule has 0 aromatic carbocycles. The lowest BCUT2D eigenvalue weighted by molar-refractivity contribution is -0.123. The van der Waals surface area contributed by atoms with E-state index in [1.54, 1.807) is 0 Å². The monoisotopic (exact) mass is 333 g/mol. The summed E-state index contributed by atoms with van der Waals surface area (Å²) in [4.78, 5) is 21.3. The molecule has 2 atom stereocenters. The maximum absolute atomic E-state index is 12.0. The third-order valence-corrected chi connectivity index (χ3v) is 4.98. The number of hydrogen-bond donors (Lipinski definition) is 2. The average Bonchev–Trinajstić information content (AvgIpc) is 2.65. The molecule has 3 N–H and O–H groups in total. The normalized spacial score (nSPS) is 18.2. The van der Waals surface area contributed by atoms with Crippen LogP contribution < -0.4 is 16.0 Å². The van der Waals surface area contributed by atoms with Crippen molar-refractivity contribution >= 4 is 11.7 Å². The van der Waals surface area contributed by atoms with Crippen molar-refractivity contribution in [3.05, 3.63) is 23.9 Å². The van der Waals surface area contributed by atoms with Gasteiger partial charge in [0.25, 0.3) is 0 Å². The Morgan fingerprint density at radius 2 is 2.00 bits per heavy atom. The first kappa shape index (κ1) is 18.7. The lowest BCUT2D eigenvalue weighted by Gasteiger charge is -2.34. The van der Waals surface area contributed by atoms with Gasteiger partial charge in [-0.15, -0.1) is 0 Å². The lowest BCUT2D eigenvalue weighted by Crippen LogP contribution is -2.46. The predicted octanol–water partition coefficient (Wildman–Crippen LogP) is 1.21. The minimum Gasteiger partial charge on any atom is -0.354 e. The number of anilines is 1. The Balaban J connectivity index is 1.83. The quantitative estimate of drug-likeness (QED) is 0.785. The van der Waals surface area contributed by atoms with Crippen molar-refractivity contribution in [2.24, 2.45) is 11.7 Å². The lowest BCUT2D eigenvalue weighted by atomic mass is 9.99. The SMILES string of the molecule is CCC(C)C(N)C(=O)NCc1ccc(N2CCN(CC)CC2)nc1. The molecule has 1 saturated heterocycles. The smallest absolute Gasteiger partial charge is 0.237 e. The van der Waals surface area contributed by atoms with Crippen LogP contribution in [0.15, 0.2) is 18.3 Å². The van der Waals surface area contributed by atoms with Crippen molar-refractivity contribution in [1.29, 1.82) is 0 Å². The number of piperazine rings is 1. The number of likely N-dealkylation sites (N-methyl/N-ethyl adjacent to an activating group) is 1. The Labute approximate surface area is 145 Å². The Hall–Kier alpha value is -1.66. The Bertz CT molecular complexity index is 511. The van der Waals surface area contributed by atoms with Crippen LogP contribution in [0.5, 0.6) is 0 Å². The van der Waals surface area contributed by atoms with E-state index in [1.807, 2.05) is 32.2 Å². The second-order valence-corrected chi connectivity index (χ2v) is 6.58. The van der Waals surface area contributed by atoms with E-state index >= 15 is 0 Å². The van der Waals surface area contributed by atoms with Crippen LogP contribution in [0, 0.1) is 5.92 Å². The van der Waals surface area contributed by atoms with Gasteiger partial charge in [-0.25, -0.2) is 4.98 Å². The van der Waals surface area contributed by atoms with Crippen LogP contribution in [0.1, 0.15) is 32.8 Å². The van der Waals surface area contributed by atoms with Gasteiger partial charge >= 0.3 is 0 Å². The number of nitrogens with zero attached hydrogens (tertiary/aromatic N) is 3. The van der Waals surface area contributed by atoms with E-state index in [-0.39, 0.29) is 11.8 Å². The van der Waals surface area contributed by atoms with Crippen LogP contribution in [0.3, 0.4) is 0 Å². The molecule has 1 amide bonds. The number of aromatic nitrogens is 1. The molecule has 1 aliphatic heterocycles. The molecular formula is C18H31N5O. The molecule has 6 nitrogen and oxygen atoms in total. The highest BCUT2D eigenvalue weighted by Crippen LogP contribution is 2.14. The fourth-order valence-electron chi connectivity index (χ4n) is 2.82. The van der Waals surface area contributed by atoms with Crippen molar-refractivity contribution < 1.29 is 4.79 Å². The summed E-state index contributed by atoms with van der Waals surface area (Å²) in [5, 5.41) is 2.90. The average molecular weight is 333 g/mol. The van der Waals surface area contributed by atoms with E-state index in [0.29, 0.717) is 6.54 Å².